The first kappa shape index (κ1) is 7.98. The minimum Gasteiger partial charge on any atom is -0.361 e. The molecule has 0 fully saturated rings. The first-order valence-corrected chi connectivity index (χ1v) is 3.84. The summed E-state index contributed by atoms with van der Waals surface area (Å²) < 4.78 is 4.65. The van der Waals surface area contributed by atoms with E-state index in [0.29, 0.717) is 0 Å². The Balaban J connectivity index is 2.77. The van der Waals surface area contributed by atoms with Gasteiger partial charge in [-0.1, -0.05) is 18.2 Å². The SMILES string of the molecule is COC1(Br)C=CC=CC1N. The molecule has 0 aromatic heterocycles. The average molecular weight is 204 g/mol. The van der Waals surface area contributed by atoms with Crippen molar-refractivity contribution >= 4 is 15.9 Å². The van der Waals surface area contributed by atoms with Crippen LogP contribution in [0.25, 0.3) is 0 Å². The van der Waals surface area contributed by atoms with Crippen LogP contribution in [-0.2, 0) is 4.74 Å². The normalized spacial score (nSPS) is 38.5. The molecule has 0 aromatic carbocycles. The lowest BCUT2D eigenvalue weighted by atomic mass is 10.1. The number of methoxy groups -OCH3 is 1. The zero-order chi connectivity index (χ0) is 7.61. The van der Waals surface area contributed by atoms with E-state index in [-0.39, 0.29) is 6.04 Å². The second-order valence-electron chi connectivity index (χ2n) is 2.17. The third-order valence-electron chi connectivity index (χ3n) is 1.52. The molecule has 0 aliphatic heterocycles. The van der Waals surface area contributed by atoms with E-state index in [0.717, 1.165) is 0 Å². The molecule has 2 atom stereocenters. The van der Waals surface area contributed by atoms with Crippen molar-refractivity contribution in [3.05, 3.63) is 24.3 Å². The molecule has 2 nitrogen and oxygen atoms in total. The molecule has 0 aromatic rings. The Kier molecular flexibility index (Phi) is 2.28. The highest BCUT2D eigenvalue weighted by molar-refractivity contribution is 9.10. The van der Waals surface area contributed by atoms with Gasteiger partial charge in [0.1, 0.15) is 0 Å². The van der Waals surface area contributed by atoms with Crippen molar-refractivity contribution in [1.82, 2.24) is 0 Å². The monoisotopic (exact) mass is 203 g/mol. The molecule has 0 heterocycles. The van der Waals surface area contributed by atoms with Crippen LogP contribution in [0.1, 0.15) is 0 Å². The maximum absolute atomic E-state index is 5.71. The standard InChI is InChI=1S/C7H10BrNO/c1-10-7(8)5-3-2-4-6(7)9/h2-6H,9H2,1H3. The minimum atomic E-state index is -0.498. The molecule has 0 saturated carbocycles. The second kappa shape index (κ2) is 2.86. The minimum absolute atomic E-state index is 0.109. The van der Waals surface area contributed by atoms with Gasteiger partial charge in [0.2, 0.25) is 0 Å². The fourth-order valence-electron chi connectivity index (χ4n) is 0.817. The van der Waals surface area contributed by atoms with Crippen LogP contribution < -0.4 is 5.73 Å². The maximum atomic E-state index is 5.71. The molecule has 2 unspecified atom stereocenters. The summed E-state index contributed by atoms with van der Waals surface area (Å²) in [6.07, 6.45) is 7.58. The molecular formula is C7H10BrNO. The first-order chi connectivity index (χ1) is 4.69. The van der Waals surface area contributed by atoms with Crippen molar-refractivity contribution < 1.29 is 4.74 Å². The van der Waals surface area contributed by atoms with Gasteiger partial charge >= 0.3 is 0 Å². The lowest BCUT2D eigenvalue weighted by Crippen LogP contribution is -2.42. The van der Waals surface area contributed by atoms with Gasteiger partial charge in [-0.3, -0.25) is 0 Å². The first-order valence-electron chi connectivity index (χ1n) is 3.05. The quantitative estimate of drug-likeness (QED) is 0.651. The Morgan fingerprint density at radius 3 is 2.70 bits per heavy atom. The van der Waals surface area contributed by atoms with Crippen LogP contribution in [0, 0.1) is 0 Å². The van der Waals surface area contributed by atoms with Crippen LogP contribution in [0.5, 0.6) is 0 Å². The van der Waals surface area contributed by atoms with Crippen LogP contribution >= 0.6 is 15.9 Å². The number of hydrogen-bond donors (Lipinski definition) is 1. The van der Waals surface area contributed by atoms with Crippen molar-refractivity contribution in [2.24, 2.45) is 5.73 Å². The van der Waals surface area contributed by atoms with E-state index in [4.69, 9.17) is 10.5 Å². The Labute approximate surface area is 68.9 Å². The van der Waals surface area contributed by atoms with E-state index in [1.807, 2.05) is 24.3 Å². The van der Waals surface area contributed by atoms with Gasteiger partial charge in [0.25, 0.3) is 0 Å². The van der Waals surface area contributed by atoms with Crippen LogP contribution in [0.15, 0.2) is 24.3 Å². The Bertz CT molecular complexity index is 178. The molecule has 56 valence electrons. The van der Waals surface area contributed by atoms with Crippen molar-refractivity contribution in [2.45, 2.75) is 10.6 Å². The predicted molar refractivity (Wildman–Crippen MR) is 44.9 cm³/mol. The summed E-state index contributed by atoms with van der Waals surface area (Å²) in [5.74, 6) is 0. The lowest BCUT2D eigenvalue weighted by Gasteiger charge is -2.28. The summed E-state index contributed by atoms with van der Waals surface area (Å²) >= 11 is 3.37. The number of hydrogen-bond acceptors (Lipinski definition) is 2. The number of halogens is 1. The van der Waals surface area contributed by atoms with E-state index < -0.39 is 4.51 Å². The fourth-order valence-corrected chi connectivity index (χ4v) is 1.12. The highest BCUT2D eigenvalue weighted by atomic mass is 79.9. The molecule has 3 heteroatoms. The van der Waals surface area contributed by atoms with Gasteiger partial charge in [0.05, 0.1) is 6.04 Å². The van der Waals surface area contributed by atoms with E-state index in [1.54, 1.807) is 7.11 Å². The third-order valence-corrected chi connectivity index (χ3v) is 2.64. The molecule has 0 saturated heterocycles. The van der Waals surface area contributed by atoms with E-state index in [1.165, 1.54) is 0 Å². The molecule has 0 bridgehead atoms. The summed E-state index contributed by atoms with van der Waals surface area (Å²) in [6, 6.07) is -0.109. The van der Waals surface area contributed by atoms with Gasteiger partial charge in [-0.25, -0.2) is 0 Å². The molecular weight excluding hydrogens is 194 g/mol. The lowest BCUT2D eigenvalue weighted by molar-refractivity contribution is 0.106. The van der Waals surface area contributed by atoms with Gasteiger partial charge in [-0.2, -0.15) is 0 Å². The van der Waals surface area contributed by atoms with Crippen LogP contribution in [-0.4, -0.2) is 17.7 Å². The molecule has 0 amide bonds. The Morgan fingerprint density at radius 2 is 2.30 bits per heavy atom. The van der Waals surface area contributed by atoms with Crippen LogP contribution in [0.4, 0.5) is 0 Å². The molecule has 0 radical (unpaired) electrons. The summed E-state index contributed by atoms with van der Waals surface area (Å²) in [6.45, 7) is 0. The summed E-state index contributed by atoms with van der Waals surface area (Å²) in [7, 11) is 1.62. The van der Waals surface area contributed by atoms with E-state index >= 15 is 0 Å². The Morgan fingerprint density at radius 1 is 1.60 bits per heavy atom. The maximum Gasteiger partial charge on any atom is 0.159 e. The Hall–Kier alpha value is -0.120. The summed E-state index contributed by atoms with van der Waals surface area (Å²) in [4.78, 5) is 0. The van der Waals surface area contributed by atoms with E-state index in [2.05, 4.69) is 15.9 Å². The second-order valence-corrected chi connectivity index (χ2v) is 3.41. The average Bonchev–Trinajstić information content (AvgIpc) is 1.96. The number of rotatable bonds is 1. The molecule has 0 spiro atoms. The highest BCUT2D eigenvalue weighted by Gasteiger charge is 2.30. The number of ether oxygens (including phenoxy) is 1. The van der Waals surface area contributed by atoms with Crippen molar-refractivity contribution in [3.63, 3.8) is 0 Å². The fraction of sp³-hybridized carbons (Fsp3) is 0.429. The topological polar surface area (TPSA) is 35.2 Å². The number of alkyl halides is 1. The van der Waals surface area contributed by atoms with Gasteiger partial charge in [0.15, 0.2) is 4.51 Å². The van der Waals surface area contributed by atoms with Gasteiger partial charge in [0, 0.05) is 7.11 Å². The molecule has 1 rings (SSSR count). The summed E-state index contributed by atoms with van der Waals surface area (Å²) in [5.41, 5.74) is 5.71. The molecule has 2 N–H and O–H groups in total. The smallest absolute Gasteiger partial charge is 0.159 e. The van der Waals surface area contributed by atoms with Crippen LogP contribution in [0.3, 0.4) is 0 Å². The molecule has 1 aliphatic rings. The van der Waals surface area contributed by atoms with E-state index in [9.17, 15) is 0 Å². The van der Waals surface area contributed by atoms with Crippen molar-refractivity contribution in [1.29, 1.82) is 0 Å². The number of nitrogens with two attached hydrogens (primary N) is 1. The summed E-state index contributed by atoms with van der Waals surface area (Å²) in [5, 5.41) is 0. The molecule has 1 aliphatic carbocycles. The van der Waals surface area contributed by atoms with Crippen molar-refractivity contribution in [2.75, 3.05) is 7.11 Å². The van der Waals surface area contributed by atoms with Gasteiger partial charge < -0.3 is 10.5 Å². The highest BCUT2D eigenvalue weighted by Crippen LogP contribution is 2.27. The third kappa shape index (κ3) is 1.31. The molecule has 10 heavy (non-hydrogen) atoms. The van der Waals surface area contributed by atoms with Gasteiger partial charge in [-0.15, -0.1) is 0 Å². The predicted octanol–water partition coefficient (Wildman–Crippen LogP) is 1.18. The zero-order valence-corrected chi connectivity index (χ0v) is 7.34. The number of allylic oxidation sites excluding steroid dienone is 2. The van der Waals surface area contributed by atoms with Crippen LogP contribution in [0.2, 0.25) is 0 Å². The van der Waals surface area contributed by atoms with Gasteiger partial charge in [-0.05, 0) is 22.0 Å². The van der Waals surface area contributed by atoms with Crippen molar-refractivity contribution in [3.8, 4) is 0 Å². The largest absolute Gasteiger partial charge is 0.361 e. The zero-order valence-electron chi connectivity index (χ0n) is 5.75.